The molecule has 1 aliphatic heterocycles. The Balaban J connectivity index is 1.54. The number of fused-ring (bicyclic) bond motifs is 3. The zero-order chi connectivity index (χ0) is 22.8. The molecule has 0 fully saturated rings. The van der Waals surface area contributed by atoms with Gasteiger partial charge in [0.1, 0.15) is 17.0 Å². The lowest BCUT2D eigenvalue weighted by Gasteiger charge is -2.13. The average Bonchev–Trinajstić information content (AvgIpc) is 3.13. The Morgan fingerprint density at radius 1 is 1.15 bits per heavy atom. The second-order valence-electron chi connectivity index (χ2n) is 7.96. The number of benzene rings is 2. The summed E-state index contributed by atoms with van der Waals surface area (Å²) in [5.74, 6) is 1.77. The number of aryl methyl sites for hydroxylation is 1. The first-order valence-corrected chi connectivity index (χ1v) is 11.0. The van der Waals surface area contributed by atoms with E-state index in [2.05, 4.69) is 52.2 Å². The number of imidazole rings is 1. The molecule has 0 amide bonds. The molecule has 2 aromatic carbocycles. The van der Waals surface area contributed by atoms with Gasteiger partial charge in [0.15, 0.2) is 11.5 Å². The van der Waals surface area contributed by atoms with E-state index in [1.807, 2.05) is 24.3 Å². The summed E-state index contributed by atoms with van der Waals surface area (Å²) in [4.78, 5) is 24.0. The van der Waals surface area contributed by atoms with Gasteiger partial charge in [-0.3, -0.25) is 4.57 Å². The van der Waals surface area contributed by atoms with Crippen LogP contribution in [-0.4, -0.2) is 26.1 Å². The third kappa shape index (κ3) is 4.32. The van der Waals surface area contributed by atoms with Crippen LogP contribution in [0.1, 0.15) is 30.0 Å². The number of nitrogen functional groups attached to an aromatic ring is 1. The summed E-state index contributed by atoms with van der Waals surface area (Å²) in [5, 5.41) is 0. The molecule has 4 bridgehead atoms. The number of hydrogen-bond acceptors (Lipinski definition) is 6. The summed E-state index contributed by atoms with van der Waals surface area (Å²) in [6.45, 7) is 2.86. The molecule has 0 radical (unpaired) electrons. The number of allylic oxidation sites excluding steroid dienone is 1. The van der Waals surface area contributed by atoms with E-state index in [9.17, 15) is 4.79 Å². The summed E-state index contributed by atoms with van der Waals surface area (Å²) in [5.41, 5.74) is 9.82. The van der Waals surface area contributed by atoms with Crippen molar-refractivity contribution in [3.8, 4) is 17.5 Å². The summed E-state index contributed by atoms with van der Waals surface area (Å²) < 4.78 is 13.4. The van der Waals surface area contributed by atoms with Crippen LogP contribution < -0.4 is 20.9 Å². The number of aromatic nitrogens is 4. The molecule has 3 heterocycles. The minimum atomic E-state index is -0.298. The number of H-pyrrole nitrogens is 1. The van der Waals surface area contributed by atoms with E-state index in [0.717, 1.165) is 29.0 Å². The molecule has 0 saturated carbocycles. The lowest BCUT2D eigenvalue weighted by Crippen LogP contribution is -2.18. The van der Waals surface area contributed by atoms with Crippen LogP contribution in [-0.2, 0) is 19.4 Å². The fourth-order valence-corrected chi connectivity index (χ4v) is 3.88. The Bertz CT molecular complexity index is 1390. The topological polar surface area (TPSA) is 108 Å². The maximum absolute atomic E-state index is 12.7. The Hall–Kier alpha value is -4.07. The van der Waals surface area contributed by atoms with Gasteiger partial charge < -0.3 is 20.2 Å². The number of ether oxygens (including phenoxy) is 2. The van der Waals surface area contributed by atoms with Crippen LogP contribution in [0.2, 0.25) is 0 Å². The zero-order valence-electron chi connectivity index (χ0n) is 18.4. The highest BCUT2D eigenvalue weighted by atomic mass is 16.5. The molecular weight excluding hydrogens is 418 g/mol. The highest BCUT2D eigenvalue weighted by Crippen LogP contribution is 2.28. The predicted molar refractivity (Wildman–Crippen MR) is 127 cm³/mol. The molecule has 8 heteroatoms. The largest absolute Gasteiger partial charge is 0.463 e. The van der Waals surface area contributed by atoms with Crippen molar-refractivity contribution in [1.82, 2.24) is 19.5 Å². The van der Waals surface area contributed by atoms with E-state index in [0.29, 0.717) is 37.2 Å². The lowest BCUT2D eigenvalue weighted by molar-refractivity contribution is 0.300. The van der Waals surface area contributed by atoms with Gasteiger partial charge in [-0.2, -0.15) is 9.97 Å². The van der Waals surface area contributed by atoms with Crippen LogP contribution in [0.5, 0.6) is 17.5 Å². The smallest absolute Gasteiger partial charge is 0.328 e. The molecule has 8 nitrogen and oxygen atoms in total. The number of rotatable bonds is 3. The van der Waals surface area contributed by atoms with Gasteiger partial charge in [0, 0.05) is 0 Å². The zero-order valence-corrected chi connectivity index (χ0v) is 18.4. The number of nitrogens with one attached hydrogen (secondary N) is 1. The molecule has 4 aromatic rings. The minimum absolute atomic E-state index is 0.164. The highest BCUT2D eigenvalue weighted by molar-refractivity contribution is 5.82. The molecule has 1 aliphatic rings. The van der Waals surface area contributed by atoms with Crippen molar-refractivity contribution >= 4 is 17.0 Å². The van der Waals surface area contributed by atoms with Gasteiger partial charge >= 0.3 is 11.7 Å². The molecule has 33 heavy (non-hydrogen) atoms. The van der Waals surface area contributed by atoms with Gasteiger partial charge in [0.25, 0.3) is 0 Å². The third-order valence-electron chi connectivity index (χ3n) is 5.68. The molecule has 0 spiro atoms. The molecule has 0 saturated heterocycles. The number of anilines is 1. The molecule has 0 unspecified atom stereocenters. The Kier molecular flexibility index (Phi) is 5.56. The van der Waals surface area contributed by atoms with E-state index in [4.69, 9.17) is 15.2 Å². The first-order valence-electron chi connectivity index (χ1n) is 11.0. The maximum Gasteiger partial charge on any atom is 0.328 e. The van der Waals surface area contributed by atoms with Crippen molar-refractivity contribution in [3.05, 3.63) is 81.8 Å². The first-order chi connectivity index (χ1) is 16.1. The summed E-state index contributed by atoms with van der Waals surface area (Å²) in [7, 11) is 0. The van der Waals surface area contributed by atoms with Crippen LogP contribution >= 0.6 is 0 Å². The van der Waals surface area contributed by atoms with Crippen molar-refractivity contribution in [2.24, 2.45) is 0 Å². The lowest BCUT2D eigenvalue weighted by atomic mass is 10.1. The number of nitrogens with zero attached hydrogens (tertiary/aromatic N) is 3. The fourth-order valence-electron chi connectivity index (χ4n) is 3.88. The summed E-state index contributed by atoms with van der Waals surface area (Å²) in [6.07, 6.45) is 6.53. The predicted octanol–water partition coefficient (Wildman–Crippen LogP) is 3.99. The standard InChI is InChI=1S/C25H25N5O3/c1-2-16-7-10-19(11-8-16)33-20-12-9-17-14-18(20)6-4-3-5-13-32-24-28-22(26)21-23(29-24)30(15-17)25(31)27-21/h3-4,7-12,14H,2,5-6,13,15H2,1H3,(H,27,31)(H2,26,28,29)/b4-3+. The third-order valence-corrected chi connectivity index (χ3v) is 5.68. The molecule has 5 rings (SSSR count). The normalized spacial score (nSPS) is 14.6. The van der Waals surface area contributed by atoms with Crippen LogP contribution in [0.4, 0.5) is 5.82 Å². The molecule has 2 aromatic heterocycles. The van der Waals surface area contributed by atoms with E-state index in [1.54, 1.807) is 4.57 Å². The quantitative estimate of drug-likeness (QED) is 0.464. The SMILES string of the molecule is CCc1ccc(Oc2ccc3cc2C/C=C/CCOc2nc(N)c4[nH]c(=O)n(c4n2)C3)cc1. The van der Waals surface area contributed by atoms with Crippen LogP contribution in [0.15, 0.2) is 59.4 Å². The van der Waals surface area contributed by atoms with Gasteiger partial charge in [0.05, 0.1) is 13.2 Å². The molecule has 0 atom stereocenters. The molecule has 0 aliphatic carbocycles. The van der Waals surface area contributed by atoms with Crippen molar-refractivity contribution in [2.45, 2.75) is 32.7 Å². The van der Waals surface area contributed by atoms with Crippen molar-refractivity contribution < 1.29 is 9.47 Å². The number of nitrogens with two attached hydrogens (primary N) is 1. The van der Waals surface area contributed by atoms with Gasteiger partial charge in [-0.1, -0.05) is 37.3 Å². The van der Waals surface area contributed by atoms with Crippen molar-refractivity contribution in [2.75, 3.05) is 12.3 Å². The molecular formula is C25H25N5O3. The van der Waals surface area contributed by atoms with Gasteiger partial charge in [-0.15, -0.1) is 0 Å². The summed E-state index contributed by atoms with van der Waals surface area (Å²) in [6, 6.07) is 14.3. The van der Waals surface area contributed by atoms with Gasteiger partial charge in [0.2, 0.25) is 0 Å². The monoisotopic (exact) mass is 443 g/mol. The Morgan fingerprint density at radius 3 is 2.82 bits per heavy atom. The van der Waals surface area contributed by atoms with Crippen molar-refractivity contribution in [3.63, 3.8) is 0 Å². The van der Waals surface area contributed by atoms with Gasteiger partial charge in [-0.25, -0.2) is 4.79 Å². The minimum Gasteiger partial charge on any atom is -0.463 e. The summed E-state index contributed by atoms with van der Waals surface area (Å²) >= 11 is 0. The van der Waals surface area contributed by atoms with Crippen LogP contribution in [0, 0.1) is 0 Å². The van der Waals surface area contributed by atoms with E-state index < -0.39 is 0 Å². The van der Waals surface area contributed by atoms with Crippen LogP contribution in [0.3, 0.4) is 0 Å². The van der Waals surface area contributed by atoms with E-state index in [1.165, 1.54) is 5.56 Å². The first kappa shape index (κ1) is 20.8. The molecule has 3 N–H and O–H groups in total. The highest BCUT2D eigenvalue weighted by Gasteiger charge is 2.16. The fraction of sp³-hybridized carbons (Fsp3) is 0.240. The molecule has 168 valence electrons. The number of aromatic amines is 1. The second-order valence-corrected chi connectivity index (χ2v) is 7.96. The Morgan fingerprint density at radius 2 is 2.00 bits per heavy atom. The van der Waals surface area contributed by atoms with E-state index >= 15 is 0 Å². The van der Waals surface area contributed by atoms with Crippen LogP contribution in [0.25, 0.3) is 11.2 Å². The Labute approximate surface area is 190 Å². The average molecular weight is 444 g/mol. The maximum atomic E-state index is 12.7. The van der Waals surface area contributed by atoms with Gasteiger partial charge in [-0.05, 0) is 60.2 Å². The van der Waals surface area contributed by atoms with E-state index in [-0.39, 0.29) is 17.5 Å². The number of hydrogen-bond donors (Lipinski definition) is 2. The second kappa shape index (κ2) is 8.82. The van der Waals surface area contributed by atoms with Crippen molar-refractivity contribution in [1.29, 1.82) is 0 Å².